The summed E-state index contributed by atoms with van der Waals surface area (Å²) in [5.41, 5.74) is 7.34. The van der Waals surface area contributed by atoms with E-state index in [1.807, 2.05) is 72.8 Å². The summed E-state index contributed by atoms with van der Waals surface area (Å²) in [6, 6.07) is 25.2. The fraction of sp³-hybridized carbons (Fsp3) is 0.0909. The Morgan fingerprint density at radius 1 is 0.963 bits per heavy atom. The highest BCUT2D eigenvalue weighted by molar-refractivity contribution is 9.10. The van der Waals surface area contributed by atoms with Gasteiger partial charge in [0.25, 0.3) is 0 Å². The van der Waals surface area contributed by atoms with Gasteiger partial charge >= 0.3 is 5.97 Å². The van der Waals surface area contributed by atoms with Gasteiger partial charge in [-0.1, -0.05) is 64.5 Å². The molecule has 1 aliphatic heterocycles. The van der Waals surface area contributed by atoms with Crippen molar-refractivity contribution in [3.05, 3.63) is 100 Å². The van der Waals surface area contributed by atoms with Crippen LogP contribution in [0.15, 0.2) is 88.4 Å². The molecule has 0 fully saturated rings. The Morgan fingerprint density at radius 3 is 2.44 bits per heavy atom. The molecule has 27 heavy (non-hydrogen) atoms. The van der Waals surface area contributed by atoms with Gasteiger partial charge in [0.05, 0.1) is 17.0 Å². The molecule has 0 amide bonds. The van der Waals surface area contributed by atoms with Crippen LogP contribution in [0.2, 0.25) is 0 Å². The molecule has 0 aliphatic carbocycles. The Labute approximate surface area is 166 Å². The number of anilines is 1. The van der Waals surface area contributed by atoms with Gasteiger partial charge in [-0.15, -0.1) is 0 Å². The minimum absolute atomic E-state index is 0.276. The third-order valence-corrected chi connectivity index (χ3v) is 4.96. The highest BCUT2D eigenvalue weighted by atomic mass is 79.9. The number of hydrogen-bond donors (Lipinski definition) is 1. The van der Waals surface area contributed by atoms with Crippen LogP contribution < -0.4 is 5.43 Å². The summed E-state index contributed by atoms with van der Waals surface area (Å²) in [6.45, 7) is 0. The summed E-state index contributed by atoms with van der Waals surface area (Å²) < 4.78 is 6.60. The second kappa shape index (κ2) is 7.76. The number of halogens is 1. The molecule has 3 aromatic carbocycles. The Bertz CT molecular complexity index is 985. The summed E-state index contributed by atoms with van der Waals surface area (Å²) in [7, 11) is 0. The summed E-state index contributed by atoms with van der Waals surface area (Å²) in [4.78, 5) is 12.1. The van der Waals surface area contributed by atoms with E-state index in [2.05, 4.69) is 26.5 Å². The van der Waals surface area contributed by atoms with Crippen molar-refractivity contribution in [3.8, 4) is 0 Å². The van der Waals surface area contributed by atoms with Crippen LogP contribution in [0.1, 0.15) is 34.0 Å². The molecular weight excluding hydrogens is 404 g/mol. The monoisotopic (exact) mass is 420 g/mol. The number of hydrogen-bond acceptors (Lipinski definition) is 4. The number of ether oxygens (including phenoxy) is 1. The molecule has 1 N–H and O–H groups in total. The van der Waals surface area contributed by atoms with E-state index in [4.69, 9.17) is 4.74 Å². The molecule has 0 saturated heterocycles. The van der Waals surface area contributed by atoms with Gasteiger partial charge in [-0.05, 0) is 35.9 Å². The summed E-state index contributed by atoms with van der Waals surface area (Å²) in [6.07, 6.45) is 0.151. The molecule has 4 nitrogen and oxygen atoms in total. The first-order valence-electron chi connectivity index (χ1n) is 8.64. The van der Waals surface area contributed by atoms with Crippen LogP contribution in [0.5, 0.6) is 0 Å². The van der Waals surface area contributed by atoms with Crippen LogP contribution in [0.3, 0.4) is 0 Å². The first kappa shape index (κ1) is 17.5. The van der Waals surface area contributed by atoms with E-state index in [9.17, 15) is 4.79 Å². The molecule has 0 radical (unpaired) electrons. The first-order chi connectivity index (χ1) is 13.2. The minimum Gasteiger partial charge on any atom is -0.453 e. The van der Waals surface area contributed by atoms with Crippen LogP contribution >= 0.6 is 15.9 Å². The van der Waals surface area contributed by atoms with E-state index in [1.165, 1.54) is 0 Å². The van der Waals surface area contributed by atoms with Crippen LogP contribution in [0, 0.1) is 0 Å². The zero-order valence-corrected chi connectivity index (χ0v) is 16.0. The van der Waals surface area contributed by atoms with E-state index >= 15 is 0 Å². The van der Waals surface area contributed by atoms with Crippen molar-refractivity contribution in [1.29, 1.82) is 0 Å². The zero-order valence-electron chi connectivity index (χ0n) is 14.4. The van der Waals surface area contributed by atoms with Crippen LogP contribution in [0.25, 0.3) is 0 Å². The molecule has 4 rings (SSSR count). The molecule has 0 unspecified atom stereocenters. The van der Waals surface area contributed by atoms with Crippen molar-refractivity contribution >= 4 is 33.3 Å². The van der Waals surface area contributed by atoms with E-state index in [-0.39, 0.29) is 12.1 Å². The number of carbonyl (C=O) groups excluding carboxylic acids is 1. The van der Waals surface area contributed by atoms with Gasteiger partial charge in [0.2, 0.25) is 0 Å². The Kier molecular flexibility index (Phi) is 5.03. The number of carbonyl (C=O) groups is 1. The largest absolute Gasteiger partial charge is 0.453 e. The molecule has 5 heteroatoms. The van der Waals surface area contributed by atoms with Gasteiger partial charge in [-0.2, -0.15) is 5.10 Å². The van der Waals surface area contributed by atoms with Crippen molar-refractivity contribution < 1.29 is 9.53 Å². The van der Waals surface area contributed by atoms with Crippen molar-refractivity contribution in [2.45, 2.75) is 12.5 Å². The highest BCUT2D eigenvalue weighted by Crippen LogP contribution is 2.34. The Balaban J connectivity index is 1.64. The number of esters is 1. The molecule has 0 aromatic heterocycles. The maximum absolute atomic E-state index is 12.1. The van der Waals surface area contributed by atoms with Crippen LogP contribution in [0.4, 0.5) is 5.69 Å². The molecular formula is C22H17BrN2O2. The summed E-state index contributed by atoms with van der Waals surface area (Å²) in [5.74, 6) is -0.276. The van der Waals surface area contributed by atoms with Gasteiger partial charge in [0.1, 0.15) is 6.10 Å². The molecule has 134 valence electrons. The molecule has 1 aliphatic rings. The van der Waals surface area contributed by atoms with E-state index in [0.717, 1.165) is 27.0 Å². The second-order valence-corrected chi connectivity index (χ2v) is 7.14. The second-order valence-electron chi connectivity index (χ2n) is 6.23. The molecule has 1 heterocycles. The van der Waals surface area contributed by atoms with Crippen molar-refractivity contribution in [3.63, 3.8) is 0 Å². The SMILES string of the molecule is O=C1O[C@H](C/C(=N\Nc2ccccc2)c2ccc(Br)cc2)c2ccccc21. The fourth-order valence-electron chi connectivity index (χ4n) is 3.06. The third kappa shape index (κ3) is 3.93. The average molecular weight is 421 g/mol. The molecule has 0 bridgehead atoms. The maximum atomic E-state index is 12.1. The molecule has 3 aromatic rings. The lowest BCUT2D eigenvalue weighted by Gasteiger charge is -2.14. The van der Waals surface area contributed by atoms with Crippen molar-refractivity contribution in [2.75, 3.05) is 5.43 Å². The molecule has 0 saturated carbocycles. The smallest absolute Gasteiger partial charge is 0.339 e. The van der Waals surface area contributed by atoms with E-state index in [1.54, 1.807) is 6.07 Å². The van der Waals surface area contributed by atoms with Gasteiger partial charge in [-0.3, -0.25) is 5.43 Å². The fourth-order valence-corrected chi connectivity index (χ4v) is 3.33. The van der Waals surface area contributed by atoms with Gasteiger partial charge in [-0.25, -0.2) is 4.79 Å². The average Bonchev–Trinajstić information content (AvgIpc) is 3.02. The Morgan fingerprint density at radius 2 is 1.67 bits per heavy atom. The van der Waals surface area contributed by atoms with Gasteiger partial charge in [0, 0.05) is 16.5 Å². The maximum Gasteiger partial charge on any atom is 0.339 e. The lowest BCUT2D eigenvalue weighted by molar-refractivity contribution is 0.0400. The number of nitrogens with one attached hydrogen (secondary N) is 1. The van der Waals surface area contributed by atoms with Gasteiger partial charge in [0.15, 0.2) is 0 Å². The number of para-hydroxylation sites is 1. The zero-order chi connectivity index (χ0) is 18.6. The third-order valence-electron chi connectivity index (χ3n) is 4.43. The number of nitrogens with zero attached hydrogens (tertiary/aromatic N) is 1. The number of fused-ring (bicyclic) bond motifs is 1. The van der Waals surface area contributed by atoms with Gasteiger partial charge < -0.3 is 4.74 Å². The predicted octanol–water partition coefficient (Wildman–Crippen LogP) is 5.57. The normalized spacial score (nSPS) is 16.0. The lowest BCUT2D eigenvalue weighted by atomic mass is 9.98. The van der Waals surface area contributed by atoms with Crippen LogP contribution in [-0.4, -0.2) is 11.7 Å². The highest BCUT2D eigenvalue weighted by Gasteiger charge is 2.31. The number of benzene rings is 3. The molecule has 0 spiro atoms. The summed E-state index contributed by atoms with van der Waals surface area (Å²) >= 11 is 3.46. The predicted molar refractivity (Wildman–Crippen MR) is 110 cm³/mol. The van der Waals surface area contributed by atoms with Crippen LogP contribution in [-0.2, 0) is 4.74 Å². The standard InChI is InChI=1S/C22H17BrN2O2/c23-16-12-10-15(11-13-16)20(25-24-17-6-2-1-3-7-17)14-21-18-8-4-5-9-19(18)22(26)27-21/h1-13,21,24H,14H2/b25-20+/t21-/m1/s1. The first-order valence-corrected chi connectivity index (χ1v) is 9.43. The molecule has 1 atom stereocenters. The Hall–Kier alpha value is -2.92. The number of cyclic esters (lactones) is 1. The summed E-state index contributed by atoms with van der Waals surface area (Å²) in [5, 5.41) is 4.62. The quantitative estimate of drug-likeness (QED) is 0.333. The van der Waals surface area contributed by atoms with E-state index in [0.29, 0.717) is 12.0 Å². The minimum atomic E-state index is -0.339. The van der Waals surface area contributed by atoms with Crippen molar-refractivity contribution in [2.24, 2.45) is 5.10 Å². The lowest BCUT2D eigenvalue weighted by Crippen LogP contribution is -2.11. The topological polar surface area (TPSA) is 50.7 Å². The van der Waals surface area contributed by atoms with Crippen molar-refractivity contribution in [1.82, 2.24) is 0 Å². The number of rotatable bonds is 5. The van der Waals surface area contributed by atoms with E-state index < -0.39 is 0 Å². The number of hydrazone groups is 1.